The van der Waals surface area contributed by atoms with Crippen LogP contribution in [0.15, 0.2) is 35.2 Å². The van der Waals surface area contributed by atoms with Gasteiger partial charge in [0.1, 0.15) is 12.3 Å². The number of benzene rings is 1. The summed E-state index contributed by atoms with van der Waals surface area (Å²) in [5.41, 5.74) is 1.12. The van der Waals surface area contributed by atoms with Crippen LogP contribution < -0.4 is 4.74 Å². The van der Waals surface area contributed by atoms with Crippen molar-refractivity contribution >= 4 is 17.5 Å². The highest BCUT2D eigenvalue weighted by Gasteiger charge is 2.30. The molecule has 0 aliphatic rings. The molecule has 1 aromatic heterocycles. The summed E-state index contributed by atoms with van der Waals surface area (Å²) in [5, 5.41) is 0. The van der Waals surface area contributed by atoms with Crippen molar-refractivity contribution in [2.24, 2.45) is 0 Å². The summed E-state index contributed by atoms with van der Waals surface area (Å²) in [6.07, 6.45) is -4.32. The number of ketones is 1. The van der Waals surface area contributed by atoms with Gasteiger partial charge >= 0.3 is 6.18 Å². The number of aromatic nitrogens is 1. The molecule has 0 saturated carbocycles. The topological polar surface area (TPSA) is 31.2 Å². The van der Waals surface area contributed by atoms with E-state index in [2.05, 4.69) is 0 Å². The Balaban J connectivity index is 2.11. The van der Waals surface area contributed by atoms with Crippen LogP contribution >= 0.6 is 11.8 Å². The van der Waals surface area contributed by atoms with Crippen LogP contribution in [0, 0.1) is 13.8 Å². The van der Waals surface area contributed by atoms with E-state index in [4.69, 9.17) is 4.74 Å². The Morgan fingerprint density at radius 1 is 1.25 bits per heavy atom. The molecule has 0 saturated heterocycles. The Labute approximate surface area is 142 Å². The van der Waals surface area contributed by atoms with E-state index >= 15 is 0 Å². The molecule has 0 atom stereocenters. The monoisotopic (exact) mass is 357 g/mol. The maximum absolute atomic E-state index is 12.6. The Morgan fingerprint density at radius 2 is 1.96 bits per heavy atom. The Morgan fingerprint density at radius 3 is 2.58 bits per heavy atom. The zero-order chi connectivity index (χ0) is 17.9. The standard InChI is InChI=1S/C17H18F3NO2S/c1-11-7-15(12(2)21(11)10-17(18,19)20)16(22)9-24-14-6-4-5-13(8-14)23-3/h4-8H,9-10H2,1-3H3. The number of Topliss-reactive ketones (excluding diaryl/α,β-unsaturated/α-hetero) is 1. The van der Waals surface area contributed by atoms with E-state index < -0.39 is 12.7 Å². The third-order valence-corrected chi connectivity index (χ3v) is 4.62. The van der Waals surface area contributed by atoms with Gasteiger partial charge in [0.15, 0.2) is 5.78 Å². The van der Waals surface area contributed by atoms with Crippen LogP contribution in [0.4, 0.5) is 13.2 Å². The molecule has 3 nitrogen and oxygen atoms in total. The largest absolute Gasteiger partial charge is 0.497 e. The molecule has 0 N–H and O–H groups in total. The summed E-state index contributed by atoms with van der Waals surface area (Å²) in [6.45, 7) is 2.04. The molecule has 0 fully saturated rings. The molecule has 0 aliphatic carbocycles. The van der Waals surface area contributed by atoms with Crippen molar-refractivity contribution in [3.63, 3.8) is 0 Å². The Kier molecular flexibility index (Phi) is 5.64. The summed E-state index contributed by atoms with van der Waals surface area (Å²) < 4.78 is 44.1. The second-order valence-corrected chi connectivity index (χ2v) is 6.43. The van der Waals surface area contributed by atoms with Crippen molar-refractivity contribution in [3.05, 3.63) is 47.3 Å². The van der Waals surface area contributed by atoms with Crippen molar-refractivity contribution in [1.29, 1.82) is 0 Å². The maximum Gasteiger partial charge on any atom is 0.406 e. The highest BCUT2D eigenvalue weighted by Crippen LogP contribution is 2.26. The van der Waals surface area contributed by atoms with Gasteiger partial charge in [-0.25, -0.2) is 0 Å². The lowest BCUT2D eigenvalue weighted by Crippen LogP contribution is -2.19. The van der Waals surface area contributed by atoms with Crippen molar-refractivity contribution in [2.45, 2.75) is 31.5 Å². The van der Waals surface area contributed by atoms with Gasteiger partial charge in [0, 0.05) is 21.8 Å². The van der Waals surface area contributed by atoms with Gasteiger partial charge in [-0.1, -0.05) is 6.07 Å². The van der Waals surface area contributed by atoms with Crippen LogP contribution in [0.5, 0.6) is 5.75 Å². The number of carbonyl (C=O) groups is 1. The van der Waals surface area contributed by atoms with Gasteiger partial charge in [-0.15, -0.1) is 11.8 Å². The van der Waals surface area contributed by atoms with Crippen molar-refractivity contribution < 1.29 is 22.7 Å². The fourth-order valence-electron chi connectivity index (χ4n) is 2.42. The van der Waals surface area contributed by atoms with Crippen LogP contribution in [0.3, 0.4) is 0 Å². The van der Waals surface area contributed by atoms with Gasteiger partial charge in [0.2, 0.25) is 0 Å². The van der Waals surface area contributed by atoms with E-state index in [-0.39, 0.29) is 11.5 Å². The Hall–Kier alpha value is -1.89. The third kappa shape index (κ3) is 4.56. The van der Waals surface area contributed by atoms with E-state index in [1.165, 1.54) is 17.8 Å². The average molecular weight is 357 g/mol. The molecule has 0 radical (unpaired) electrons. The number of nitrogens with zero attached hydrogens (tertiary/aromatic N) is 1. The van der Waals surface area contributed by atoms with Crippen LogP contribution in [0.2, 0.25) is 0 Å². The molecule has 130 valence electrons. The molecule has 0 bridgehead atoms. The fraction of sp³-hybridized carbons (Fsp3) is 0.353. The summed E-state index contributed by atoms with van der Waals surface area (Å²) >= 11 is 1.33. The number of ether oxygens (including phenoxy) is 1. The summed E-state index contributed by atoms with van der Waals surface area (Å²) in [6, 6.07) is 8.81. The average Bonchev–Trinajstić information content (AvgIpc) is 2.79. The highest BCUT2D eigenvalue weighted by molar-refractivity contribution is 8.00. The van der Waals surface area contributed by atoms with Crippen molar-refractivity contribution in [1.82, 2.24) is 4.57 Å². The first-order chi connectivity index (χ1) is 11.2. The lowest BCUT2D eigenvalue weighted by molar-refractivity contribution is -0.141. The number of thioether (sulfide) groups is 1. The number of methoxy groups -OCH3 is 1. The first-order valence-electron chi connectivity index (χ1n) is 7.25. The minimum Gasteiger partial charge on any atom is -0.497 e. The molecule has 0 aliphatic heterocycles. The number of hydrogen-bond acceptors (Lipinski definition) is 3. The highest BCUT2D eigenvalue weighted by atomic mass is 32.2. The van der Waals surface area contributed by atoms with E-state index in [1.807, 2.05) is 18.2 Å². The van der Waals surface area contributed by atoms with Gasteiger partial charge < -0.3 is 9.30 Å². The number of rotatable bonds is 6. The fourth-order valence-corrected chi connectivity index (χ4v) is 3.25. The number of aryl methyl sites for hydroxylation is 1. The zero-order valence-corrected chi connectivity index (χ0v) is 14.4. The molecule has 0 spiro atoms. The van der Waals surface area contributed by atoms with E-state index in [0.717, 1.165) is 9.46 Å². The van der Waals surface area contributed by atoms with Gasteiger partial charge in [-0.3, -0.25) is 4.79 Å². The summed E-state index contributed by atoms with van der Waals surface area (Å²) in [5.74, 6) is 0.656. The number of hydrogen-bond donors (Lipinski definition) is 0. The zero-order valence-electron chi connectivity index (χ0n) is 13.6. The Bertz CT molecular complexity index is 738. The molecule has 1 heterocycles. The molecule has 1 aromatic carbocycles. The lowest BCUT2D eigenvalue weighted by Gasteiger charge is -2.12. The first-order valence-corrected chi connectivity index (χ1v) is 8.23. The summed E-state index contributed by atoms with van der Waals surface area (Å²) in [7, 11) is 1.56. The third-order valence-electron chi connectivity index (χ3n) is 3.62. The first kappa shape index (κ1) is 18.4. The predicted molar refractivity (Wildman–Crippen MR) is 88.0 cm³/mol. The molecular weight excluding hydrogens is 339 g/mol. The van der Waals surface area contributed by atoms with E-state index in [0.29, 0.717) is 22.7 Å². The molecule has 2 rings (SSSR count). The molecule has 0 unspecified atom stereocenters. The number of carbonyl (C=O) groups excluding carboxylic acids is 1. The van der Waals surface area contributed by atoms with Crippen molar-refractivity contribution in [3.8, 4) is 5.75 Å². The SMILES string of the molecule is COc1cccc(SCC(=O)c2cc(C)n(CC(F)(F)F)c2C)c1. The van der Waals surface area contributed by atoms with Crippen LogP contribution in [0.1, 0.15) is 21.7 Å². The van der Waals surface area contributed by atoms with Gasteiger partial charge in [-0.05, 0) is 38.1 Å². The van der Waals surface area contributed by atoms with Gasteiger partial charge in [0.25, 0.3) is 0 Å². The van der Waals surface area contributed by atoms with Crippen molar-refractivity contribution in [2.75, 3.05) is 12.9 Å². The number of halogens is 3. The van der Waals surface area contributed by atoms with Crippen LogP contribution in [0.25, 0.3) is 0 Å². The van der Waals surface area contributed by atoms with E-state index in [9.17, 15) is 18.0 Å². The molecule has 2 aromatic rings. The van der Waals surface area contributed by atoms with Crippen LogP contribution in [-0.2, 0) is 6.54 Å². The quantitative estimate of drug-likeness (QED) is 0.557. The molecular formula is C17H18F3NO2S. The number of alkyl halides is 3. The minimum absolute atomic E-state index is 0.156. The molecule has 0 amide bonds. The van der Waals surface area contributed by atoms with Crippen LogP contribution in [-0.4, -0.2) is 29.4 Å². The predicted octanol–water partition coefficient (Wildman–Crippen LogP) is 4.65. The molecule has 7 heteroatoms. The lowest BCUT2D eigenvalue weighted by atomic mass is 10.2. The smallest absolute Gasteiger partial charge is 0.406 e. The minimum atomic E-state index is -4.32. The molecule has 24 heavy (non-hydrogen) atoms. The second-order valence-electron chi connectivity index (χ2n) is 5.38. The normalized spacial score (nSPS) is 11.6. The van der Waals surface area contributed by atoms with Gasteiger partial charge in [0.05, 0.1) is 12.9 Å². The van der Waals surface area contributed by atoms with Gasteiger partial charge in [-0.2, -0.15) is 13.2 Å². The maximum atomic E-state index is 12.6. The summed E-state index contributed by atoms with van der Waals surface area (Å²) in [4.78, 5) is 13.2. The van der Waals surface area contributed by atoms with E-state index in [1.54, 1.807) is 27.0 Å². The second kappa shape index (κ2) is 7.34.